The second-order valence-corrected chi connectivity index (χ2v) is 6.66. The minimum atomic E-state index is -1.09. The van der Waals surface area contributed by atoms with Crippen molar-refractivity contribution in [3.8, 4) is 17.2 Å². The first kappa shape index (κ1) is 19.8. The maximum absolute atomic E-state index is 12.5. The summed E-state index contributed by atoms with van der Waals surface area (Å²) in [5.74, 6) is -1.52. The van der Waals surface area contributed by atoms with E-state index < -0.39 is 17.9 Å². The highest BCUT2D eigenvalue weighted by atomic mass is 16.4. The van der Waals surface area contributed by atoms with Crippen LogP contribution >= 0.6 is 0 Å². The van der Waals surface area contributed by atoms with Crippen LogP contribution in [0.2, 0.25) is 0 Å². The molecule has 3 aromatic carbocycles. The van der Waals surface area contributed by atoms with Crippen molar-refractivity contribution in [2.24, 2.45) is 0 Å². The fourth-order valence-corrected chi connectivity index (χ4v) is 3.05. The first-order chi connectivity index (χ1) is 14.1. The predicted molar refractivity (Wildman–Crippen MR) is 110 cm³/mol. The summed E-state index contributed by atoms with van der Waals surface area (Å²) in [5.41, 5.74) is 3.81. The van der Waals surface area contributed by atoms with Gasteiger partial charge in [-0.1, -0.05) is 54.6 Å². The summed E-state index contributed by atoms with van der Waals surface area (Å²) >= 11 is 0. The van der Waals surface area contributed by atoms with Gasteiger partial charge in [0.25, 0.3) is 5.91 Å². The predicted octanol–water partition coefficient (Wildman–Crippen LogP) is 4.04. The Morgan fingerprint density at radius 3 is 2.28 bits per heavy atom. The monoisotopic (exact) mass is 384 g/mol. The minimum absolute atomic E-state index is 0.234. The Balaban J connectivity index is 1.64. The van der Waals surface area contributed by atoms with Gasteiger partial charge in [-0.15, -0.1) is 0 Å². The molecule has 0 spiro atoms. The molecule has 5 nitrogen and oxygen atoms in total. The van der Waals surface area contributed by atoms with Gasteiger partial charge in [-0.25, -0.2) is 4.79 Å². The largest absolute Gasteiger partial charge is 0.480 e. The number of carboxylic acid groups (broad SMARTS) is 1. The second kappa shape index (κ2) is 9.34. The molecule has 5 heteroatoms. The van der Waals surface area contributed by atoms with Gasteiger partial charge in [-0.05, 0) is 53.8 Å². The highest BCUT2D eigenvalue weighted by Gasteiger charge is 2.20. The number of nitriles is 1. The molecule has 1 atom stereocenters. The van der Waals surface area contributed by atoms with Crippen molar-refractivity contribution in [2.45, 2.75) is 18.9 Å². The van der Waals surface area contributed by atoms with Crippen LogP contribution < -0.4 is 5.32 Å². The molecule has 0 bridgehead atoms. The Labute approximate surface area is 169 Å². The normalized spacial score (nSPS) is 11.3. The van der Waals surface area contributed by atoms with Crippen LogP contribution in [0.1, 0.15) is 27.9 Å². The summed E-state index contributed by atoms with van der Waals surface area (Å²) in [5, 5.41) is 21.0. The summed E-state index contributed by atoms with van der Waals surface area (Å²) in [4.78, 5) is 24.1. The molecular formula is C24H20N2O3. The van der Waals surface area contributed by atoms with Crippen LogP contribution in [0.3, 0.4) is 0 Å². The average Bonchev–Trinajstić information content (AvgIpc) is 2.77. The first-order valence-corrected chi connectivity index (χ1v) is 9.25. The SMILES string of the molecule is N#Cc1cccc(CCC(NC(=O)c2ccc(-c3ccccc3)cc2)C(=O)O)c1. The van der Waals surface area contributed by atoms with Gasteiger partial charge in [-0.2, -0.15) is 5.26 Å². The molecule has 0 heterocycles. The van der Waals surface area contributed by atoms with E-state index in [9.17, 15) is 14.7 Å². The number of carboxylic acids is 1. The molecule has 3 aromatic rings. The van der Waals surface area contributed by atoms with Gasteiger partial charge < -0.3 is 10.4 Å². The number of benzene rings is 3. The Morgan fingerprint density at radius 2 is 1.62 bits per heavy atom. The van der Waals surface area contributed by atoms with E-state index in [0.717, 1.165) is 16.7 Å². The van der Waals surface area contributed by atoms with Gasteiger partial charge >= 0.3 is 5.97 Å². The third-order valence-electron chi connectivity index (χ3n) is 4.64. The number of hydrogen-bond acceptors (Lipinski definition) is 3. The molecule has 29 heavy (non-hydrogen) atoms. The van der Waals surface area contributed by atoms with E-state index in [-0.39, 0.29) is 6.42 Å². The number of aryl methyl sites for hydroxylation is 1. The molecule has 0 aliphatic rings. The van der Waals surface area contributed by atoms with Crippen LogP contribution in [0, 0.1) is 11.3 Å². The summed E-state index contributed by atoms with van der Waals surface area (Å²) in [7, 11) is 0. The maximum atomic E-state index is 12.5. The molecule has 2 N–H and O–H groups in total. The van der Waals surface area contributed by atoms with Gasteiger partial charge in [-0.3, -0.25) is 4.79 Å². The lowest BCUT2D eigenvalue weighted by atomic mass is 10.0. The second-order valence-electron chi connectivity index (χ2n) is 6.66. The van der Waals surface area contributed by atoms with Crippen LogP contribution in [-0.4, -0.2) is 23.0 Å². The summed E-state index contributed by atoms with van der Waals surface area (Å²) in [6.07, 6.45) is 0.678. The fraction of sp³-hybridized carbons (Fsp3) is 0.125. The van der Waals surface area contributed by atoms with Crippen molar-refractivity contribution in [1.29, 1.82) is 5.26 Å². The van der Waals surface area contributed by atoms with Crippen molar-refractivity contribution >= 4 is 11.9 Å². The van der Waals surface area contributed by atoms with Crippen molar-refractivity contribution in [1.82, 2.24) is 5.32 Å². The van der Waals surface area contributed by atoms with Crippen LogP contribution in [0.25, 0.3) is 11.1 Å². The number of carbonyl (C=O) groups excluding carboxylic acids is 1. The standard InChI is InChI=1S/C24H20N2O3/c25-16-18-6-4-5-17(15-18)9-14-22(24(28)29)26-23(27)21-12-10-20(11-13-21)19-7-2-1-3-8-19/h1-8,10-13,15,22H,9,14H2,(H,26,27)(H,28,29). The van der Waals surface area contributed by atoms with E-state index in [4.69, 9.17) is 5.26 Å². The van der Waals surface area contributed by atoms with Crippen LogP contribution in [0.5, 0.6) is 0 Å². The number of hydrogen-bond donors (Lipinski definition) is 2. The van der Waals surface area contributed by atoms with Crippen molar-refractivity contribution < 1.29 is 14.7 Å². The zero-order valence-corrected chi connectivity index (χ0v) is 15.7. The molecular weight excluding hydrogens is 364 g/mol. The zero-order valence-electron chi connectivity index (χ0n) is 15.7. The molecule has 0 fully saturated rings. The Kier molecular flexibility index (Phi) is 6.39. The van der Waals surface area contributed by atoms with E-state index in [2.05, 4.69) is 11.4 Å². The number of nitrogens with zero attached hydrogens (tertiary/aromatic N) is 1. The lowest BCUT2D eigenvalue weighted by Gasteiger charge is -2.15. The lowest BCUT2D eigenvalue weighted by molar-refractivity contribution is -0.139. The highest BCUT2D eigenvalue weighted by Crippen LogP contribution is 2.19. The van der Waals surface area contributed by atoms with Crippen LogP contribution in [0.4, 0.5) is 0 Å². The molecule has 1 unspecified atom stereocenters. The van der Waals surface area contributed by atoms with E-state index >= 15 is 0 Å². The van der Waals surface area contributed by atoms with Gasteiger partial charge in [0.05, 0.1) is 11.6 Å². The molecule has 144 valence electrons. The van der Waals surface area contributed by atoms with Gasteiger partial charge in [0, 0.05) is 5.56 Å². The van der Waals surface area contributed by atoms with Gasteiger partial charge in [0.1, 0.15) is 6.04 Å². The van der Waals surface area contributed by atoms with Gasteiger partial charge in [0.2, 0.25) is 0 Å². The molecule has 1 amide bonds. The highest BCUT2D eigenvalue weighted by molar-refractivity contribution is 5.97. The molecule has 3 rings (SSSR count). The number of amides is 1. The van der Waals surface area contributed by atoms with E-state index in [1.165, 1.54) is 0 Å². The molecule has 0 aliphatic heterocycles. The molecule has 0 saturated carbocycles. The maximum Gasteiger partial charge on any atom is 0.326 e. The number of rotatable bonds is 7. The topological polar surface area (TPSA) is 90.2 Å². The summed E-state index contributed by atoms with van der Waals surface area (Å²) in [6.45, 7) is 0. The molecule has 0 aliphatic carbocycles. The lowest BCUT2D eigenvalue weighted by Crippen LogP contribution is -2.41. The molecule has 0 saturated heterocycles. The van der Waals surface area contributed by atoms with Crippen molar-refractivity contribution in [2.75, 3.05) is 0 Å². The molecule has 0 radical (unpaired) electrons. The smallest absolute Gasteiger partial charge is 0.326 e. The van der Waals surface area contributed by atoms with Crippen molar-refractivity contribution in [3.05, 3.63) is 95.6 Å². The number of nitrogens with one attached hydrogen (secondary N) is 1. The number of carbonyl (C=O) groups is 2. The van der Waals surface area contributed by atoms with Crippen molar-refractivity contribution in [3.63, 3.8) is 0 Å². The minimum Gasteiger partial charge on any atom is -0.480 e. The van der Waals surface area contributed by atoms with E-state index in [1.807, 2.05) is 48.5 Å². The zero-order chi connectivity index (χ0) is 20.6. The Hall–Kier alpha value is -3.91. The van der Waals surface area contributed by atoms with E-state index in [0.29, 0.717) is 17.5 Å². The van der Waals surface area contributed by atoms with E-state index in [1.54, 1.807) is 30.3 Å². The quantitative estimate of drug-likeness (QED) is 0.643. The summed E-state index contributed by atoms with van der Waals surface area (Å²) in [6, 6.07) is 24.9. The number of aliphatic carboxylic acids is 1. The Bertz CT molecular complexity index is 1040. The third-order valence-corrected chi connectivity index (χ3v) is 4.64. The van der Waals surface area contributed by atoms with Crippen LogP contribution in [-0.2, 0) is 11.2 Å². The van der Waals surface area contributed by atoms with Crippen LogP contribution in [0.15, 0.2) is 78.9 Å². The molecule has 0 aromatic heterocycles. The average molecular weight is 384 g/mol. The van der Waals surface area contributed by atoms with Gasteiger partial charge in [0.15, 0.2) is 0 Å². The Morgan fingerprint density at radius 1 is 0.931 bits per heavy atom. The fourth-order valence-electron chi connectivity index (χ4n) is 3.05. The summed E-state index contributed by atoms with van der Waals surface area (Å²) < 4.78 is 0. The first-order valence-electron chi connectivity index (χ1n) is 9.25. The third kappa shape index (κ3) is 5.30.